The van der Waals surface area contributed by atoms with Gasteiger partial charge in [-0.05, 0) is 86.7 Å². The van der Waals surface area contributed by atoms with E-state index in [4.69, 9.17) is 4.74 Å². The van der Waals surface area contributed by atoms with Crippen LogP contribution in [0.5, 0.6) is 0 Å². The van der Waals surface area contributed by atoms with Crippen LogP contribution in [0.25, 0.3) is 11.1 Å². The Bertz CT molecular complexity index is 1040. The molecule has 0 unspecified atom stereocenters. The Kier molecular flexibility index (Phi) is 6.30. The van der Waals surface area contributed by atoms with Crippen LogP contribution in [0, 0.1) is 0 Å². The van der Waals surface area contributed by atoms with Crippen molar-refractivity contribution < 1.29 is 14.3 Å². The van der Waals surface area contributed by atoms with Gasteiger partial charge in [0.25, 0.3) is 0 Å². The van der Waals surface area contributed by atoms with Crippen LogP contribution in [0.4, 0.5) is 10.5 Å². The summed E-state index contributed by atoms with van der Waals surface area (Å²) in [5, 5.41) is 0. The number of carbonyl (C=O) groups is 2. The van der Waals surface area contributed by atoms with Gasteiger partial charge in [-0.3, -0.25) is 9.78 Å². The van der Waals surface area contributed by atoms with Crippen molar-refractivity contribution >= 4 is 17.7 Å². The van der Waals surface area contributed by atoms with E-state index in [2.05, 4.69) is 28.1 Å². The second-order valence-corrected chi connectivity index (χ2v) is 9.81. The number of likely N-dealkylation sites (tertiary alicyclic amines) is 2. The molecule has 1 aromatic heterocycles. The van der Waals surface area contributed by atoms with Gasteiger partial charge in [0.15, 0.2) is 0 Å². The number of nitrogens with zero attached hydrogens (tertiary/aromatic N) is 4. The number of carbonyl (C=O) groups excluding carboxylic acids is 2. The molecule has 7 nitrogen and oxygen atoms in total. The van der Waals surface area contributed by atoms with Gasteiger partial charge in [-0.15, -0.1) is 0 Å². The van der Waals surface area contributed by atoms with E-state index in [1.807, 2.05) is 41.2 Å². The van der Waals surface area contributed by atoms with E-state index in [-0.39, 0.29) is 17.4 Å². The third-order valence-corrected chi connectivity index (χ3v) is 7.98. The molecular formula is C27H34N4O3. The lowest BCUT2D eigenvalue weighted by atomic mass is 9.73. The number of anilines is 1. The number of ether oxygens (including phenoxy) is 1. The zero-order valence-electron chi connectivity index (χ0n) is 20.2. The molecule has 3 aliphatic heterocycles. The molecule has 5 rings (SSSR count). The summed E-state index contributed by atoms with van der Waals surface area (Å²) in [6.07, 6.45) is 7.54. The molecule has 2 aromatic rings. The highest BCUT2D eigenvalue weighted by Gasteiger charge is 2.46. The maximum atomic E-state index is 12.5. The van der Waals surface area contributed by atoms with Gasteiger partial charge in [0.1, 0.15) is 0 Å². The van der Waals surface area contributed by atoms with E-state index in [0.717, 1.165) is 69.7 Å². The molecule has 2 saturated heterocycles. The minimum atomic E-state index is -0.185. The highest BCUT2D eigenvalue weighted by Crippen LogP contribution is 2.48. The van der Waals surface area contributed by atoms with E-state index < -0.39 is 0 Å². The monoisotopic (exact) mass is 462 g/mol. The SMILES string of the molecule is CCOC(=O)N1CCC(N2CCC3(CC2)CN(C(C)=O)c2ccc(-c4ccncc4)cc23)CC1. The predicted octanol–water partition coefficient (Wildman–Crippen LogP) is 4.07. The molecule has 0 atom stereocenters. The molecule has 7 heteroatoms. The van der Waals surface area contributed by atoms with Crippen LogP contribution >= 0.6 is 0 Å². The smallest absolute Gasteiger partial charge is 0.409 e. The number of hydrogen-bond donors (Lipinski definition) is 0. The van der Waals surface area contributed by atoms with Gasteiger partial charge in [0.2, 0.25) is 5.91 Å². The molecular weight excluding hydrogens is 428 g/mol. The predicted molar refractivity (Wildman–Crippen MR) is 132 cm³/mol. The topological polar surface area (TPSA) is 66.0 Å². The molecule has 0 saturated carbocycles. The van der Waals surface area contributed by atoms with Gasteiger partial charge in [0, 0.05) is 56.1 Å². The lowest BCUT2D eigenvalue weighted by Crippen LogP contribution is -2.52. The van der Waals surface area contributed by atoms with Crippen LogP contribution in [-0.4, -0.2) is 72.2 Å². The van der Waals surface area contributed by atoms with Crippen LogP contribution in [0.3, 0.4) is 0 Å². The second-order valence-electron chi connectivity index (χ2n) is 9.81. The number of piperidine rings is 2. The van der Waals surface area contributed by atoms with Crippen LogP contribution in [0.1, 0.15) is 45.1 Å². The number of pyridine rings is 1. The molecule has 34 heavy (non-hydrogen) atoms. The minimum Gasteiger partial charge on any atom is -0.450 e. The fraction of sp³-hybridized carbons (Fsp3) is 0.519. The summed E-state index contributed by atoms with van der Waals surface area (Å²) in [4.78, 5) is 35.1. The third-order valence-electron chi connectivity index (χ3n) is 7.98. The summed E-state index contributed by atoms with van der Waals surface area (Å²) in [5.74, 6) is 0.114. The molecule has 0 aliphatic carbocycles. The van der Waals surface area contributed by atoms with Gasteiger partial charge in [-0.1, -0.05) is 6.07 Å². The molecule has 1 aromatic carbocycles. The number of fused-ring (bicyclic) bond motifs is 2. The second kappa shape index (κ2) is 9.37. The third kappa shape index (κ3) is 4.17. The lowest BCUT2D eigenvalue weighted by Gasteiger charge is -2.45. The Morgan fingerprint density at radius 2 is 1.74 bits per heavy atom. The van der Waals surface area contributed by atoms with E-state index in [1.165, 1.54) is 11.1 Å². The van der Waals surface area contributed by atoms with Crippen molar-refractivity contribution in [2.45, 2.75) is 51.0 Å². The molecule has 180 valence electrons. The van der Waals surface area contributed by atoms with Gasteiger partial charge in [-0.25, -0.2) is 4.79 Å². The zero-order valence-corrected chi connectivity index (χ0v) is 20.2. The highest BCUT2D eigenvalue weighted by molar-refractivity contribution is 5.95. The molecule has 2 amide bonds. The average molecular weight is 463 g/mol. The van der Waals surface area contributed by atoms with Crippen LogP contribution in [0.2, 0.25) is 0 Å². The molecule has 0 bridgehead atoms. The number of amides is 2. The minimum absolute atomic E-state index is 0.00613. The number of rotatable bonds is 3. The van der Waals surface area contributed by atoms with E-state index in [1.54, 1.807) is 6.92 Å². The summed E-state index contributed by atoms with van der Waals surface area (Å²) < 4.78 is 5.17. The summed E-state index contributed by atoms with van der Waals surface area (Å²) in [6, 6.07) is 11.1. The Labute approximate surface area is 201 Å². The van der Waals surface area contributed by atoms with Crippen molar-refractivity contribution in [1.82, 2.24) is 14.8 Å². The van der Waals surface area contributed by atoms with Crippen molar-refractivity contribution in [3.63, 3.8) is 0 Å². The average Bonchev–Trinajstić information content (AvgIpc) is 3.19. The van der Waals surface area contributed by atoms with E-state index >= 15 is 0 Å². The first-order chi connectivity index (χ1) is 16.5. The Morgan fingerprint density at radius 3 is 2.38 bits per heavy atom. The first kappa shape index (κ1) is 22.8. The van der Waals surface area contributed by atoms with Crippen molar-refractivity contribution in [3.05, 3.63) is 48.3 Å². The van der Waals surface area contributed by atoms with E-state index in [0.29, 0.717) is 12.6 Å². The standard InChI is InChI=1S/C27H34N4O3/c1-3-34-26(33)30-14-8-23(9-15-30)29-16-10-27(11-17-29)19-31(20(2)32)25-5-4-22(18-24(25)27)21-6-12-28-13-7-21/h4-7,12-13,18,23H,3,8-11,14-17,19H2,1-2H3. The van der Waals surface area contributed by atoms with Gasteiger partial charge in [0.05, 0.1) is 6.61 Å². The largest absolute Gasteiger partial charge is 0.450 e. The van der Waals surface area contributed by atoms with Crippen molar-refractivity contribution in [3.8, 4) is 11.1 Å². The van der Waals surface area contributed by atoms with Crippen LogP contribution in [-0.2, 0) is 14.9 Å². The fourth-order valence-electron chi connectivity index (χ4n) is 6.05. The van der Waals surface area contributed by atoms with Crippen LogP contribution < -0.4 is 4.90 Å². The van der Waals surface area contributed by atoms with Gasteiger partial charge >= 0.3 is 6.09 Å². The lowest BCUT2D eigenvalue weighted by molar-refractivity contribution is -0.116. The Morgan fingerprint density at radius 1 is 1.03 bits per heavy atom. The van der Waals surface area contributed by atoms with Crippen molar-refractivity contribution in [2.24, 2.45) is 0 Å². The first-order valence-electron chi connectivity index (χ1n) is 12.5. The molecule has 0 radical (unpaired) electrons. The summed E-state index contributed by atoms with van der Waals surface area (Å²) >= 11 is 0. The maximum Gasteiger partial charge on any atom is 0.409 e. The normalized spacial score (nSPS) is 20.4. The van der Waals surface area contributed by atoms with Gasteiger partial charge in [-0.2, -0.15) is 0 Å². The Hall–Kier alpha value is -2.93. The summed E-state index contributed by atoms with van der Waals surface area (Å²) in [5.41, 5.74) is 4.72. The maximum absolute atomic E-state index is 12.5. The highest BCUT2D eigenvalue weighted by atomic mass is 16.6. The quantitative estimate of drug-likeness (QED) is 0.688. The molecule has 1 spiro atoms. The number of benzene rings is 1. The number of aromatic nitrogens is 1. The zero-order chi connectivity index (χ0) is 23.7. The molecule has 3 aliphatic rings. The van der Waals surface area contributed by atoms with Crippen molar-refractivity contribution in [2.75, 3.05) is 44.2 Å². The molecule has 4 heterocycles. The van der Waals surface area contributed by atoms with E-state index in [9.17, 15) is 9.59 Å². The fourth-order valence-corrected chi connectivity index (χ4v) is 6.05. The first-order valence-corrected chi connectivity index (χ1v) is 12.5. The van der Waals surface area contributed by atoms with Crippen LogP contribution in [0.15, 0.2) is 42.7 Å². The van der Waals surface area contributed by atoms with Gasteiger partial charge < -0.3 is 19.4 Å². The number of hydrogen-bond acceptors (Lipinski definition) is 5. The molecule has 0 N–H and O–H groups in total. The van der Waals surface area contributed by atoms with Crippen molar-refractivity contribution in [1.29, 1.82) is 0 Å². The summed E-state index contributed by atoms with van der Waals surface area (Å²) in [6.45, 7) is 8.29. The summed E-state index contributed by atoms with van der Waals surface area (Å²) in [7, 11) is 0. The molecule has 2 fully saturated rings. The Balaban J connectivity index is 1.31.